The van der Waals surface area contributed by atoms with E-state index in [1.54, 1.807) is 6.07 Å². The van der Waals surface area contributed by atoms with Crippen LogP contribution in [0.3, 0.4) is 0 Å². The Labute approximate surface area is 122 Å². The van der Waals surface area contributed by atoms with Crippen LogP contribution in [0.4, 0.5) is 0 Å². The van der Waals surface area contributed by atoms with Gasteiger partial charge < -0.3 is 4.74 Å². The van der Waals surface area contributed by atoms with E-state index in [4.69, 9.17) is 4.74 Å². The summed E-state index contributed by atoms with van der Waals surface area (Å²) in [5.74, 6) is -0.534. The summed E-state index contributed by atoms with van der Waals surface area (Å²) < 4.78 is 5.50. The number of hydrogen-bond acceptors (Lipinski definition) is 3. The highest BCUT2D eigenvalue weighted by Gasteiger charge is 2.44. The average molecular weight is 278 g/mol. The minimum Gasteiger partial charge on any atom is -0.453 e. The first-order valence-corrected chi connectivity index (χ1v) is 7.09. The van der Waals surface area contributed by atoms with Gasteiger partial charge in [-0.15, -0.1) is 0 Å². The molecule has 0 amide bonds. The van der Waals surface area contributed by atoms with Gasteiger partial charge in [-0.2, -0.15) is 0 Å². The maximum atomic E-state index is 12.7. The molecule has 0 aromatic heterocycles. The summed E-state index contributed by atoms with van der Waals surface area (Å²) in [6, 6.07) is 13.1. The molecule has 0 unspecified atom stereocenters. The van der Waals surface area contributed by atoms with E-state index in [0.29, 0.717) is 12.0 Å². The fraction of sp³-hybridized carbons (Fsp3) is 0.222. The number of aryl methyl sites for hydroxylation is 1. The van der Waals surface area contributed by atoms with E-state index in [-0.39, 0.29) is 17.7 Å². The van der Waals surface area contributed by atoms with Crippen LogP contribution >= 0.6 is 0 Å². The number of esters is 1. The summed E-state index contributed by atoms with van der Waals surface area (Å²) in [5.41, 5.74) is 4.42. The molecule has 0 spiro atoms. The minimum absolute atomic E-state index is 0.0863. The third-order valence-corrected chi connectivity index (χ3v) is 4.52. The summed E-state index contributed by atoms with van der Waals surface area (Å²) in [6.07, 6.45) is 0.195. The van der Waals surface area contributed by atoms with E-state index in [1.807, 2.05) is 43.3 Å². The van der Waals surface area contributed by atoms with E-state index in [2.05, 4.69) is 0 Å². The molecule has 0 bridgehead atoms. The number of Topliss-reactive ketones (excluding diaryl/α,β-unsaturated/α-hetero) is 1. The zero-order valence-electron chi connectivity index (χ0n) is 11.6. The lowest BCUT2D eigenvalue weighted by atomic mass is 9.91. The molecular formula is C18H14O3. The number of ether oxygens (including phenoxy) is 1. The van der Waals surface area contributed by atoms with Crippen LogP contribution in [0.25, 0.3) is 0 Å². The van der Waals surface area contributed by atoms with Crippen molar-refractivity contribution >= 4 is 11.8 Å². The highest BCUT2D eigenvalue weighted by molar-refractivity contribution is 6.04. The largest absolute Gasteiger partial charge is 0.453 e. The summed E-state index contributed by atoms with van der Waals surface area (Å²) in [7, 11) is 0. The fourth-order valence-corrected chi connectivity index (χ4v) is 3.43. The molecule has 2 atom stereocenters. The number of carbonyl (C=O) groups is 2. The van der Waals surface area contributed by atoms with E-state index in [1.165, 1.54) is 0 Å². The quantitative estimate of drug-likeness (QED) is 0.752. The standard InChI is InChI=1S/C18H14O3/c1-10-5-4-8-11-14(10)9-15(16(11)19)17-12-6-2-3-7-13(12)18(20)21-17/h2-8,15,17H,9H2,1H3/t15-,17-/m0/s1. The maximum absolute atomic E-state index is 12.7. The lowest BCUT2D eigenvalue weighted by molar-refractivity contribution is 0.0252. The molecular weight excluding hydrogens is 264 g/mol. The van der Waals surface area contributed by atoms with Gasteiger partial charge in [-0.05, 0) is 30.5 Å². The molecule has 4 rings (SSSR count). The summed E-state index contributed by atoms with van der Waals surface area (Å²) in [5, 5.41) is 0. The summed E-state index contributed by atoms with van der Waals surface area (Å²) in [6.45, 7) is 2.02. The molecule has 21 heavy (non-hydrogen) atoms. The van der Waals surface area contributed by atoms with Gasteiger partial charge in [0, 0.05) is 11.1 Å². The molecule has 1 aliphatic carbocycles. The van der Waals surface area contributed by atoms with Gasteiger partial charge in [0.15, 0.2) is 5.78 Å². The van der Waals surface area contributed by atoms with Gasteiger partial charge in [0.1, 0.15) is 6.10 Å². The number of rotatable bonds is 1. The summed E-state index contributed by atoms with van der Waals surface area (Å²) in [4.78, 5) is 24.6. The first-order chi connectivity index (χ1) is 10.2. The normalized spacial score (nSPS) is 22.9. The van der Waals surface area contributed by atoms with Crippen molar-refractivity contribution < 1.29 is 14.3 Å². The molecule has 0 saturated heterocycles. The Morgan fingerprint density at radius 1 is 1.00 bits per heavy atom. The van der Waals surface area contributed by atoms with E-state index < -0.39 is 6.10 Å². The maximum Gasteiger partial charge on any atom is 0.339 e. The van der Waals surface area contributed by atoms with Gasteiger partial charge in [-0.1, -0.05) is 36.4 Å². The molecule has 3 nitrogen and oxygen atoms in total. The molecule has 1 heterocycles. The Balaban J connectivity index is 1.76. The van der Waals surface area contributed by atoms with Crippen LogP contribution in [-0.2, 0) is 11.2 Å². The number of carbonyl (C=O) groups excluding carboxylic acids is 2. The first kappa shape index (κ1) is 12.3. The number of ketones is 1. The number of cyclic esters (lactones) is 1. The van der Waals surface area contributed by atoms with Crippen LogP contribution in [0, 0.1) is 12.8 Å². The second-order valence-corrected chi connectivity index (χ2v) is 5.69. The van der Waals surface area contributed by atoms with E-state index >= 15 is 0 Å². The highest BCUT2D eigenvalue weighted by Crippen LogP contribution is 2.43. The first-order valence-electron chi connectivity index (χ1n) is 7.09. The van der Waals surface area contributed by atoms with Crippen molar-refractivity contribution in [2.45, 2.75) is 19.4 Å². The van der Waals surface area contributed by atoms with Gasteiger partial charge >= 0.3 is 5.97 Å². The van der Waals surface area contributed by atoms with Crippen LogP contribution in [0.1, 0.15) is 43.5 Å². The predicted molar refractivity (Wildman–Crippen MR) is 77.3 cm³/mol. The van der Waals surface area contributed by atoms with Gasteiger partial charge in [-0.25, -0.2) is 4.79 Å². The lowest BCUT2D eigenvalue weighted by Crippen LogP contribution is -2.19. The van der Waals surface area contributed by atoms with Gasteiger partial charge in [0.25, 0.3) is 0 Å². The molecule has 3 heteroatoms. The van der Waals surface area contributed by atoms with Crippen molar-refractivity contribution in [2.24, 2.45) is 5.92 Å². The zero-order valence-corrected chi connectivity index (χ0v) is 11.6. The van der Waals surface area contributed by atoms with Crippen molar-refractivity contribution in [3.8, 4) is 0 Å². The molecule has 2 aromatic carbocycles. The van der Waals surface area contributed by atoms with Gasteiger partial charge in [-0.3, -0.25) is 4.79 Å². The number of fused-ring (bicyclic) bond motifs is 2. The van der Waals surface area contributed by atoms with Gasteiger partial charge in [0.2, 0.25) is 0 Å². The highest BCUT2D eigenvalue weighted by atomic mass is 16.5. The smallest absolute Gasteiger partial charge is 0.339 e. The Morgan fingerprint density at radius 2 is 1.76 bits per heavy atom. The molecule has 104 valence electrons. The Morgan fingerprint density at radius 3 is 2.57 bits per heavy atom. The molecule has 0 N–H and O–H groups in total. The molecule has 0 fully saturated rings. The van der Waals surface area contributed by atoms with Gasteiger partial charge in [0.05, 0.1) is 11.5 Å². The topological polar surface area (TPSA) is 43.4 Å². The number of hydrogen-bond donors (Lipinski definition) is 0. The Hall–Kier alpha value is -2.42. The van der Waals surface area contributed by atoms with E-state index in [0.717, 1.165) is 22.3 Å². The second-order valence-electron chi connectivity index (χ2n) is 5.69. The van der Waals surface area contributed by atoms with Crippen molar-refractivity contribution in [3.63, 3.8) is 0 Å². The van der Waals surface area contributed by atoms with Crippen molar-refractivity contribution in [3.05, 3.63) is 70.3 Å². The average Bonchev–Trinajstić information content (AvgIpc) is 3.00. The lowest BCUT2D eigenvalue weighted by Gasteiger charge is -2.16. The van der Waals surface area contributed by atoms with Crippen molar-refractivity contribution in [1.29, 1.82) is 0 Å². The SMILES string of the molecule is Cc1cccc2c1C[C@H]([C@H]1OC(=O)c3ccccc31)C2=O. The molecule has 0 saturated carbocycles. The summed E-state index contributed by atoms with van der Waals surface area (Å²) >= 11 is 0. The predicted octanol–water partition coefficient (Wildman–Crippen LogP) is 3.26. The molecule has 1 aliphatic heterocycles. The Kier molecular flexibility index (Phi) is 2.52. The van der Waals surface area contributed by atoms with Crippen LogP contribution in [0.15, 0.2) is 42.5 Å². The third-order valence-electron chi connectivity index (χ3n) is 4.52. The molecule has 0 radical (unpaired) electrons. The molecule has 2 aliphatic rings. The van der Waals surface area contributed by atoms with E-state index in [9.17, 15) is 9.59 Å². The monoisotopic (exact) mass is 278 g/mol. The minimum atomic E-state index is -0.451. The van der Waals surface area contributed by atoms with Crippen LogP contribution in [0.5, 0.6) is 0 Å². The zero-order chi connectivity index (χ0) is 14.6. The van der Waals surface area contributed by atoms with Crippen molar-refractivity contribution in [1.82, 2.24) is 0 Å². The van der Waals surface area contributed by atoms with Crippen LogP contribution in [0.2, 0.25) is 0 Å². The molecule has 2 aromatic rings. The van der Waals surface area contributed by atoms with Crippen LogP contribution in [-0.4, -0.2) is 11.8 Å². The third kappa shape index (κ3) is 1.67. The number of benzene rings is 2. The second kappa shape index (κ2) is 4.29. The van der Waals surface area contributed by atoms with Crippen LogP contribution < -0.4 is 0 Å². The Bertz CT molecular complexity index is 776. The van der Waals surface area contributed by atoms with Crippen molar-refractivity contribution in [2.75, 3.05) is 0 Å². The fourth-order valence-electron chi connectivity index (χ4n) is 3.43.